The second kappa shape index (κ2) is 4.74. The largest absolute Gasteiger partial charge is 0.482 e. The summed E-state index contributed by atoms with van der Waals surface area (Å²) in [5.74, 6) is 1.53. The van der Waals surface area contributed by atoms with Crippen LogP contribution in [0.15, 0.2) is 59.4 Å². The number of aryl methyl sites for hydroxylation is 1. The Morgan fingerprint density at radius 2 is 1.81 bits per heavy atom. The highest BCUT2D eigenvalue weighted by Crippen LogP contribution is 2.30. The Bertz CT molecular complexity index is 856. The van der Waals surface area contributed by atoms with Gasteiger partial charge in [0.05, 0.1) is 10.9 Å². The number of nitrogens with zero attached hydrogens (tertiary/aromatic N) is 2. The third-order valence-electron chi connectivity index (χ3n) is 3.84. The maximum atomic E-state index is 12.2. The predicted molar refractivity (Wildman–Crippen MR) is 80.4 cm³/mol. The Morgan fingerprint density at radius 1 is 1.05 bits per heavy atom. The topological polar surface area (TPSA) is 44.1 Å². The molecule has 104 valence electrons. The summed E-state index contributed by atoms with van der Waals surface area (Å²) < 4.78 is 8.07. The quantitative estimate of drug-likeness (QED) is 0.724. The van der Waals surface area contributed by atoms with Crippen molar-refractivity contribution >= 4 is 10.9 Å². The van der Waals surface area contributed by atoms with Crippen LogP contribution in [-0.4, -0.2) is 9.55 Å². The van der Waals surface area contributed by atoms with E-state index in [1.807, 2.05) is 54.6 Å². The van der Waals surface area contributed by atoms with Crippen LogP contribution in [0.4, 0.5) is 0 Å². The molecule has 1 aromatic heterocycles. The molecule has 1 atom stereocenters. The molecule has 0 amide bonds. The molecule has 0 saturated heterocycles. The standard InChI is InChI=1S/C17H14N2O2/c20-17-13-8-4-5-9-14(13)19-11-10-15(16(19)18-17)21-12-6-2-1-3-7-12/h1-9,15H,10-11H2. The fraction of sp³-hybridized carbons (Fsp3) is 0.176. The van der Waals surface area contributed by atoms with Crippen molar-refractivity contribution in [1.29, 1.82) is 0 Å². The van der Waals surface area contributed by atoms with Crippen LogP contribution in [0.2, 0.25) is 0 Å². The number of aromatic nitrogens is 2. The van der Waals surface area contributed by atoms with E-state index < -0.39 is 0 Å². The Kier molecular flexibility index (Phi) is 2.74. The first kappa shape index (κ1) is 12.1. The molecule has 4 nitrogen and oxygen atoms in total. The first-order valence-electron chi connectivity index (χ1n) is 7.04. The average Bonchev–Trinajstić information content (AvgIpc) is 2.92. The van der Waals surface area contributed by atoms with E-state index in [-0.39, 0.29) is 11.7 Å². The minimum absolute atomic E-state index is 0.162. The van der Waals surface area contributed by atoms with Crippen molar-refractivity contribution in [2.24, 2.45) is 0 Å². The van der Waals surface area contributed by atoms with Crippen molar-refractivity contribution in [3.63, 3.8) is 0 Å². The van der Waals surface area contributed by atoms with Crippen LogP contribution in [0.5, 0.6) is 5.75 Å². The van der Waals surface area contributed by atoms with E-state index in [9.17, 15) is 4.79 Å². The third-order valence-corrected chi connectivity index (χ3v) is 3.84. The first-order chi connectivity index (χ1) is 10.3. The second-order valence-electron chi connectivity index (χ2n) is 5.15. The normalized spacial score (nSPS) is 16.9. The fourth-order valence-electron chi connectivity index (χ4n) is 2.87. The first-order valence-corrected chi connectivity index (χ1v) is 7.04. The third kappa shape index (κ3) is 2.00. The smallest absolute Gasteiger partial charge is 0.280 e. The lowest BCUT2D eigenvalue weighted by molar-refractivity contribution is 0.203. The number of hydrogen-bond donors (Lipinski definition) is 0. The van der Waals surface area contributed by atoms with Gasteiger partial charge < -0.3 is 9.30 Å². The van der Waals surface area contributed by atoms with E-state index in [4.69, 9.17) is 4.74 Å². The van der Waals surface area contributed by atoms with Gasteiger partial charge in [-0.2, -0.15) is 4.98 Å². The van der Waals surface area contributed by atoms with Gasteiger partial charge in [0.25, 0.3) is 5.56 Å². The van der Waals surface area contributed by atoms with Crippen molar-refractivity contribution in [1.82, 2.24) is 9.55 Å². The van der Waals surface area contributed by atoms with E-state index in [0.717, 1.165) is 30.1 Å². The molecule has 4 heteroatoms. The van der Waals surface area contributed by atoms with E-state index >= 15 is 0 Å². The van der Waals surface area contributed by atoms with Crippen molar-refractivity contribution in [2.75, 3.05) is 0 Å². The lowest BCUT2D eigenvalue weighted by Gasteiger charge is -2.14. The summed E-state index contributed by atoms with van der Waals surface area (Å²) in [6, 6.07) is 17.3. The van der Waals surface area contributed by atoms with Crippen LogP contribution in [-0.2, 0) is 6.54 Å². The number of benzene rings is 2. The van der Waals surface area contributed by atoms with Crippen LogP contribution in [0, 0.1) is 0 Å². The molecule has 0 radical (unpaired) electrons. The summed E-state index contributed by atoms with van der Waals surface area (Å²) in [6.07, 6.45) is 0.666. The molecule has 0 saturated carbocycles. The van der Waals surface area contributed by atoms with Gasteiger partial charge >= 0.3 is 0 Å². The summed E-state index contributed by atoms with van der Waals surface area (Å²) in [7, 11) is 0. The van der Waals surface area contributed by atoms with Gasteiger partial charge in [0, 0.05) is 13.0 Å². The second-order valence-corrected chi connectivity index (χ2v) is 5.15. The Morgan fingerprint density at radius 3 is 2.67 bits per heavy atom. The maximum absolute atomic E-state index is 12.2. The number of ether oxygens (including phenoxy) is 1. The van der Waals surface area contributed by atoms with Gasteiger partial charge in [-0.3, -0.25) is 4.79 Å². The van der Waals surface area contributed by atoms with Crippen LogP contribution >= 0.6 is 0 Å². The molecule has 1 aliphatic rings. The van der Waals surface area contributed by atoms with Gasteiger partial charge in [0.15, 0.2) is 11.9 Å². The Labute approximate surface area is 121 Å². The van der Waals surface area contributed by atoms with Crippen molar-refractivity contribution in [3.8, 4) is 5.75 Å². The highest BCUT2D eigenvalue weighted by molar-refractivity contribution is 5.78. The SMILES string of the molecule is O=c1nc2n(c3ccccc13)CCC2Oc1ccccc1. The molecule has 0 fully saturated rings. The molecule has 21 heavy (non-hydrogen) atoms. The summed E-state index contributed by atoms with van der Waals surface area (Å²) >= 11 is 0. The summed E-state index contributed by atoms with van der Waals surface area (Å²) in [5, 5.41) is 0.668. The van der Waals surface area contributed by atoms with Gasteiger partial charge in [0.2, 0.25) is 0 Å². The highest BCUT2D eigenvalue weighted by atomic mass is 16.5. The van der Waals surface area contributed by atoms with Crippen LogP contribution in [0.25, 0.3) is 10.9 Å². The zero-order valence-electron chi connectivity index (χ0n) is 11.4. The number of fused-ring (bicyclic) bond motifs is 3. The fourth-order valence-corrected chi connectivity index (χ4v) is 2.87. The maximum Gasteiger partial charge on any atom is 0.280 e. The molecule has 0 aliphatic carbocycles. The minimum Gasteiger partial charge on any atom is -0.482 e. The molecule has 3 aromatic rings. The van der Waals surface area contributed by atoms with Crippen molar-refractivity contribution < 1.29 is 4.74 Å². The van der Waals surface area contributed by atoms with Gasteiger partial charge in [-0.25, -0.2) is 0 Å². The van der Waals surface area contributed by atoms with Gasteiger partial charge in [-0.05, 0) is 24.3 Å². The summed E-state index contributed by atoms with van der Waals surface area (Å²) in [5.41, 5.74) is 0.757. The molecular weight excluding hydrogens is 264 g/mol. The van der Waals surface area contributed by atoms with Gasteiger partial charge in [-0.15, -0.1) is 0 Å². The van der Waals surface area contributed by atoms with E-state index in [2.05, 4.69) is 9.55 Å². The van der Waals surface area contributed by atoms with E-state index in [0.29, 0.717) is 5.39 Å². The van der Waals surface area contributed by atoms with Gasteiger partial charge in [0.1, 0.15) is 5.75 Å². The van der Waals surface area contributed by atoms with Crippen LogP contribution in [0.3, 0.4) is 0 Å². The molecule has 0 N–H and O–H groups in total. The lowest BCUT2D eigenvalue weighted by atomic mass is 10.2. The average molecular weight is 278 g/mol. The highest BCUT2D eigenvalue weighted by Gasteiger charge is 2.27. The summed E-state index contributed by atoms with van der Waals surface area (Å²) in [6.45, 7) is 0.820. The lowest BCUT2D eigenvalue weighted by Crippen LogP contribution is -2.17. The van der Waals surface area contributed by atoms with Crippen molar-refractivity contribution in [3.05, 3.63) is 70.8 Å². The van der Waals surface area contributed by atoms with Crippen LogP contribution < -0.4 is 10.3 Å². The van der Waals surface area contributed by atoms with Crippen LogP contribution in [0.1, 0.15) is 18.3 Å². The zero-order chi connectivity index (χ0) is 14.2. The Hall–Kier alpha value is -2.62. The number of para-hydroxylation sites is 2. The molecule has 4 rings (SSSR count). The number of hydrogen-bond acceptors (Lipinski definition) is 3. The van der Waals surface area contributed by atoms with E-state index in [1.54, 1.807) is 0 Å². The Balaban J connectivity index is 1.80. The summed E-state index contributed by atoms with van der Waals surface area (Å²) in [4.78, 5) is 16.4. The molecule has 1 unspecified atom stereocenters. The molecule has 2 heterocycles. The molecule has 0 spiro atoms. The molecule has 1 aliphatic heterocycles. The minimum atomic E-state index is -0.180. The van der Waals surface area contributed by atoms with Gasteiger partial charge in [-0.1, -0.05) is 30.3 Å². The molecule has 2 aromatic carbocycles. The van der Waals surface area contributed by atoms with E-state index in [1.165, 1.54) is 0 Å². The predicted octanol–water partition coefficient (Wildman–Crippen LogP) is 2.92. The monoisotopic (exact) mass is 278 g/mol. The molecular formula is C17H14N2O2. The molecule has 0 bridgehead atoms. The van der Waals surface area contributed by atoms with Crippen molar-refractivity contribution in [2.45, 2.75) is 19.1 Å². The zero-order valence-corrected chi connectivity index (χ0v) is 11.4. The number of rotatable bonds is 2.